The summed E-state index contributed by atoms with van der Waals surface area (Å²) in [7, 11) is 4.44. The van der Waals surface area contributed by atoms with E-state index in [1.807, 2.05) is 0 Å². The van der Waals surface area contributed by atoms with Crippen LogP contribution < -0.4 is 18.9 Å². The number of methoxy groups -OCH3 is 3. The lowest BCUT2D eigenvalue weighted by molar-refractivity contribution is -0.129. The first-order chi connectivity index (χ1) is 16.8. The second kappa shape index (κ2) is 10.4. The molecule has 1 aliphatic heterocycles. The van der Waals surface area contributed by atoms with E-state index < -0.39 is 11.9 Å². The van der Waals surface area contributed by atoms with E-state index in [-0.39, 0.29) is 23.1 Å². The van der Waals surface area contributed by atoms with Crippen molar-refractivity contribution in [1.29, 1.82) is 0 Å². The zero-order chi connectivity index (χ0) is 25.1. The lowest BCUT2D eigenvalue weighted by Crippen LogP contribution is -2.09. The van der Waals surface area contributed by atoms with Gasteiger partial charge >= 0.3 is 11.9 Å². The number of cyclic esters (lactones) is 1. The third-order valence-electron chi connectivity index (χ3n) is 4.78. The fourth-order valence-electron chi connectivity index (χ4n) is 3.22. The number of rotatable bonds is 7. The van der Waals surface area contributed by atoms with Crippen LogP contribution in [0.4, 0.5) is 0 Å². The van der Waals surface area contributed by atoms with E-state index in [9.17, 15) is 9.59 Å². The molecule has 1 aliphatic rings. The summed E-state index contributed by atoms with van der Waals surface area (Å²) in [5, 5.41) is 0. The molecule has 3 aromatic rings. The van der Waals surface area contributed by atoms with E-state index in [0.717, 1.165) is 0 Å². The Kier molecular flexibility index (Phi) is 7.27. The summed E-state index contributed by atoms with van der Waals surface area (Å²) < 4.78 is 33.2. The molecule has 0 spiro atoms. The molecule has 2 aromatic carbocycles. The molecular weight excluding hydrogens is 590 g/mol. The summed E-state index contributed by atoms with van der Waals surface area (Å²) in [5.41, 5.74) is 0.832. The summed E-state index contributed by atoms with van der Waals surface area (Å²) >= 11 is 6.79. The summed E-state index contributed by atoms with van der Waals surface area (Å²) in [4.78, 5) is 29.4. The molecule has 35 heavy (non-hydrogen) atoms. The molecule has 0 bridgehead atoms. The standard InChI is InChI=1S/C24H17Br2NO8/c1-30-18-9-13(10-19(31-2)21(18)32-3)22-27-16(23(28)35-22)8-12-7-14(25)11-15(26)20(12)34-24(29)17-5-4-6-33-17/h4-11H,1-3H3/b16-8-. The number of hydrogen-bond acceptors (Lipinski definition) is 9. The Bertz CT molecular complexity index is 1340. The normalized spacial score (nSPS) is 13.9. The summed E-state index contributed by atoms with van der Waals surface area (Å²) in [6.07, 6.45) is 2.82. The summed E-state index contributed by atoms with van der Waals surface area (Å²) in [6, 6.07) is 9.65. The van der Waals surface area contributed by atoms with Gasteiger partial charge in [0, 0.05) is 15.6 Å². The van der Waals surface area contributed by atoms with Crippen molar-refractivity contribution in [2.24, 2.45) is 4.99 Å². The number of halogens is 2. The van der Waals surface area contributed by atoms with Crippen LogP contribution in [0.15, 0.2) is 66.7 Å². The zero-order valence-corrected chi connectivity index (χ0v) is 21.8. The number of nitrogens with zero attached hydrogens (tertiary/aromatic N) is 1. The molecule has 2 heterocycles. The van der Waals surface area contributed by atoms with Crippen molar-refractivity contribution in [3.05, 3.63) is 74.2 Å². The number of ether oxygens (including phenoxy) is 5. The van der Waals surface area contributed by atoms with Crippen LogP contribution in [0.3, 0.4) is 0 Å². The first kappa shape index (κ1) is 24.6. The van der Waals surface area contributed by atoms with Crippen LogP contribution in [0.25, 0.3) is 6.08 Å². The van der Waals surface area contributed by atoms with E-state index in [4.69, 9.17) is 28.1 Å². The Morgan fingerprint density at radius 1 is 1.00 bits per heavy atom. The van der Waals surface area contributed by atoms with E-state index in [1.54, 1.807) is 30.3 Å². The molecule has 0 radical (unpaired) electrons. The van der Waals surface area contributed by atoms with Gasteiger partial charge in [-0.05, 0) is 58.4 Å². The van der Waals surface area contributed by atoms with Crippen LogP contribution in [-0.4, -0.2) is 39.2 Å². The number of hydrogen-bond donors (Lipinski definition) is 0. The second-order valence-electron chi connectivity index (χ2n) is 6.92. The monoisotopic (exact) mass is 605 g/mol. The van der Waals surface area contributed by atoms with Gasteiger partial charge in [-0.1, -0.05) is 15.9 Å². The van der Waals surface area contributed by atoms with Crippen LogP contribution in [0.5, 0.6) is 23.0 Å². The van der Waals surface area contributed by atoms with Gasteiger partial charge in [-0.25, -0.2) is 14.6 Å². The smallest absolute Gasteiger partial charge is 0.379 e. The van der Waals surface area contributed by atoms with Crippen LogP contribution >= 0.6 is 31.9 Å². The third kappa shape index (κ3) is 5.10. The highest BCUT2D eigenvalue weighted by Crippen LogP contribution is 2.39. The molecule has 9 nitrogen and oxygen atoms in total. The topological polar surface area (TPSA) is 106 Å². The Labute approximate surface area is 216 Å². The van der Waals surface area contributed by atoms with E-state index in [2.05, 4.69) is 36.9 Å². The highest BCUT2D eigenvalue weighted by Gasteiger charge is 2.27. The van der Waals surface area contributed by atoms with Crippen molar-refractivity contribution in [2.45, 2.75) is 0 Å². The first-order valence-electron chi connectivity index (χ1n) is 9.92. The first-order valence-corrected chi connectivity index (χ1v) is 11.5. The average Bonchev–Trinajstić information content (AvgIpc) is 3.50. The molecule has 0 saturated carbocycles. The van der Waals surface area contributed by atoms with Crippen molar-refractivity contribution < 1.29 is 37.7 Å². The lowest BCUT2D eigenvalue weighted by Gasteiger charge is -2.13. The lowest BCUT2D eigenvalue weighted by atomic mass is 10.1. The molecule has 0 unspecified atom stereocenters. The second-order valence-corrected chi connectivity index (χ2v) is 8.69. The van der Waals surface area contributed by atoms with E-state index in [0.29, 0.717) is 37.3 Å². The van der Waals surface area contributed by atoms with Crippen LogP contribution in [0.1, 0.15) is 21.7 Å². The average molecular weight is 607 g/mol. The van der Waals surface area contributed by atoms with E-state index in [1.165, 1.54) is 39.7 Å². The van der Waals surface area contributed by atoms with Gasteiger partial charge in [0.2, 0.25) is 17.4 Å². The maximum atomic E-state index is 12.6. The fraction of sp³-hybridized carbons (Fsp3) is 0.125. The number of carbonyl (C=O) groups is 2. The molecular formula is C24H17Br2NO8. The van der Waals surface area contributed by atoms with Gasteiger partial charge in [-0.3, -0.25) is 0 Å². The van der Waals surface area contributed by atoms with Crippen molar-refractivity contribution >= 4 is 55.8 Å². The maximum absolute atomic E-state index is 12.6. The predicted octanol–water partition coefficient (Wildman–Crippen LogP) is 5.39. The van der Waals surface area contributed by atoms with Gasteiger partial charge in [0.1, 0.15) is 0 Å². The van der Waals surface area contributed by atoms with Gasteiger partial charge in [0.05, 0.1) is 32.1 Å². The number of esters is 2. The number of benzene rings is 2. The molecule has 0 fully saturated rings. The molecule has 0 N–H and O–H groups in total. The molecule has 0 amide bonds. The SMILES string of the molecule is COc1cc(C2=N/C(=C\c3cc(Br)cc(Br)c3OC(=O)c3ccco3)C(=O)O2)cc(OC)c1OC. The van der Waals surface area contributed by atoms with Gasteiger partial charge in [-0.15, -0.1) is 0 Å². The molecule has 0 aliphatic carbocycles. The van der Waals surface area contributed by atoms with Crippen LogP contribution in [-0.2, 0) is 9.53 Å². The molecule has 180 valence electrons. The van der Waals surface area contributed by atoms with Gasteiger partial charge in [0.25, 0.3) is 0 Å². The van der Waals surface area contributed by atoms with Gasteiger partial charge in [-0.2, -0.15) is 0 Å². The Balaban J connectivity index is 1.74. The Morgan fingerprint density at radius 3 is 2.31 bits per heavy atom. The summed E-state index contributed by atoms with van der Waals surface area (Å²) in [5.74, 6) is 0.00136. The molecule has 4 rings (SSSR count). The molecule has 0 atom stereocenters. The van der Waals surface area contributed by atoms with Gasteiger partial charge < -0.3 is 28.1 Å². The minimum Gasteiger partial charge on any atom is -0.493 e. The Hall–Kier alpha value is -3.57. The third-order valence-corrected chi connectivity index (χ3v) is 5.83. The molecule has 11 heteroatoms. The maximum Gasteiger partial charge on any atom is 0.379 e. The zero-order valence-electron chi connectivity index (χ0n) is 18.6. The van der Waals surface area contributed by atoms with Crippen molar-refractivity contribution in [3.8, 4) is 23.0 Å². The van der Waals surface area contributed by atoms with Crippen molar-refractivity contribution in [2.75, 3.05) is 21.3 Å². The Morgan fingerprint density at radius 2 is 1.71 bits per heavy atom. The number of furan rings is 1. The van der Waals surface area contributed by atoms with Crippen molar-refractivity contribution in [3.63, 3.8) is 0 Å². The highest BCUT2D eigenvalue weighted by molar-refractivity contribution is 9.11. The minimum atomic E-state index is -0.701. The molecule has 0 saturated heterocycles. The van der Waals surface area contributed by atoms with Crippen molar-refractivity contribution in [1.82, 2.24) is 0 Å². The van der Waals surface area contributed by atoms with E-state index >= 15 is 0 Å². The number of aliphatic imine (C=N–C) groups is 1. The predicted molar refractivity (Wildman–Crippen MR) is 132 cm³/mol. The minimum absolute atomic E-state index is 0.00551. The highest BCUT2D eigenvalue weighted by atomic mass is 79.9. The van der Waals surface area contributed by atoms with Crippen LogP contribution in [0.2, 0.25) is 0 Å². The number of carbonyl (C=O) groups excluding carboxylic acids is 2. The summed E-state index contributed by atoms with van der Waals surface area (Å²) in [6.45, 7) is 0. The van der Waals surface area contributed by atoms with Crippen LogP contribution in [0, 0.1) is 0 Å². The van der Waals surface area contributed by atoms with Gasteiger partial charge in [0.15, 0.2) is 22.9 Å². The fourth-order valence-corrected chi connectivity index (χ4v) is 4.56. The largest absolute Gasteiger partial charge is 0.493 e. The molecule has 1 aromatic heterocycles. The quantitative estimate of drug-likeness (QED) is 0.200.